The van der Waals surface area contributed by atoms with Gasteiger partial charge < -0.3 is 13.7 Å². The second kappa shape index (κ2) is 8.17. The van der Waals surface area contributed by atoms with E-state index in [1.807, 2.05) is 24.3 Å². The van der Waals surface area contributed by atoms with Crippen molar-refractivity contribution in [3.8, 4) is 11.4 Å². The molecule has 0 saturated carbocycles. The zero-order valence-corrected chi connectivity index (χ0v) is 17.7. The Morgan fingerprint density at radius 3 is 2.65 bits per heavy atom. The smallest absolute Gasteiger partial charge is 0.342 e. The van der Waals surface area contributed by atoms with Gasteiger partial charge in [-0.2, -0.15) is 4.98 Å². The van der Waals surface area contributed by atoms with Crippen LogP contribution in [0.5, 0.6) is 0 Å². The summed E-state index contributed by atoms with van der Waals surface area (Å²) in [4.78, 5) is 33.8. The SMILES string of the molecule is CCOC(=O)c1c(C)oc2ncn(Cc3nc(-c4ccc(C(C)C)cc4)no3)c(=O)c12. The van der Waals surface area contributed by atoms with E-state index in [-0.39, 0.29) is 41.5 Å². The molecule has 9 heteroatoms. The number of nitrogens with zero attached hydrogens (tertiary/aromatic N) is 4. The summed E-state index contributed by atoms with van der Waals surface area (Å²) in [6.07, 6.45) is 1.32. The lowest BCUT2D eigenvalue weighted by Gasteiger charge is -2.04. The summed E-state index contributed by atoms with van der Waals surface area (Å²) in [6, 6.07) is 7.92. The minimum atomic E-state index is -0.625. The number of fused-ring (bicyclic) bond motifs is 1. The van der Waals surface area contributed by atoms with Gasteiger partial charge >= 0.3 is 5.97 Å². The Bertz CT molecular complexity index is 1300. The van der Waals surface area contributed by atoms with Gasteiger partial charge in [0.2, 0.25) is 17.4 Å². The largest absolute Gasteiger partial charge is 0.462 e. The molecule has 0 fully saturated rings. The second-order valence-corrected chi connectivity index (χ2v) is 7.40. The van der Waals surface area contributed by atoms with Gasteiger partial charge in [-0.05, 0) is 25.3 Å². The molecule has 0 saturated heterocycles. The third-order valence-corrected chi connectivity index (χ3v) is 4.94. The number of furan rings is 1. The molecule has 0 radical (unpaired) electrons. The molecule has 9 nitrogen and oxygen atoms in total. The van der Waals surface area contributed by atoms with Crippen LogP contribution >= 0.6 is 0 Å². The molecule has 0 aliphatic carbocycles. The van der Waals surface area contributed by atoms with E-state index in [4.69, 9.17) is 13.7 Å². The number of benzene rings is 1. The highest BCUT2D eigenvalue weighted by molar-refractivity contribution is 6.03. The van der Waals surface area contributed by atoms with E-state index in [1.165, 1.54) is 16.5 Å². The maximum Gasteiger partial charge on any atom is 0.342 e. The highest BCUT2D eigenvalue weighted by atomic mass is 16.5. The lowest BCUT2D eigenvalue weighted by molar-refractivity contribution is 0.0526. The van der Waals surface area contributed by atoms with Crippen molar-refractivity contribution in [2.75, 3.05) is 6.61 Å². The Kier molecular flexibility index (Phi) is 5.41. The molecule has 4 aromatic rings. The summed E-state index contributed by atoms with van der Waals surface area (Å²) in [7, 11) is 0. The molecule has 1 aromatic carbocycles. The molecule has 0 atom stereocenters. The number of carbonyl (C=O) groups is 1. The molecule has 3 aromatic heterocycles. The van der Waals surface area contributed by atoms with Crippen molar-refractivity contribution in [1.29, 1.82) is 0 Å². The first-order valence-corrected chi connectivity index (χ1v) is 9.97. The number of aryl methyl sites for hydroxylation is 1. The molecular formula is C22H22N4O5. The van der Waals surface area contributed by atoms with E-state index >= 15 is 0 Å². The fraction of sp³-hybridized carbons (Fsp3) is 0.318. The molecule has 3 heterocycles. The van der Waals surface area contributed by atoms with Gasteiger partial charge in [0.15, 0.2) is 0 Å². The number of carbonyl (C=O) groups excluding carboxylic acids is 1. The van der Waals surface area contributed by atoms with Gasteiger partial charge in [-0.15, -0.1) is 0 Å². The van der Waals surface area contributed by atoms with E-state index in [1.54, 1.807) is 13.8 Å². The Morgan fingerprint density at radius 2 is 1.97 bits per heavy atom. The van der Waals surface area contributed by atoms with Gasteiger partial charge in [0, 0.05) is 5.56 Å². The molecule has 4 rings (SSSR count). The molecule has 0 spiro atoms. The highest BCUT2D eigenvalue weighted by Crippen LogP contribution is 2.23. The van der Waals surface area contributed by atoms with Crippen LogP contribution in [-0.2, 0) is 11.3 Å². The maximum absolute atomic E-state index is 13.0. The molecule has 0 unspecified atom stereocenters. The second-order valence-electron chi connectivity index (χ2n) is 7.40. The van der Waals surface area contributed by atoms with Crippen LogP contribution in [0.4, 0.5) is 0 Å². The first kappa shape index (κ1) is 20.5. The summed E-state index contributed by atoms with van der Waals surface area (Å²) >= 11 is 0. The predicted molar refractivity (Wildman–Crippen MR) is 112 cm³/mol. The normalized spacial score (nSPS) is 11.4. The number of hydrogen-bond acceptors (Lipinski definition) is 8. The fourth-order valence-corrected chi connectivity index (χ4v) is 3.30. The Labute approximate surface area is 177 Å². The van der Waals surface area contributed by atoms with E-state index < -0.39 is 11.5 Å². The van der Waals surface area contributed by atoms with Crippen molar-refractivity contribution < 1.29 is 18.5 Å². The van der Waals surface area contributed by atoms with Crippen molar-refractivity contribution in [2.45, 2.75) is 40.2 Å². The third kappa shape index (κ3) is 3.86. The van der Waals surface area contributed by atoms with Gasteiger partial charge in [-0.3, -0.25) is 9.36 Å². The lowest BCUT2D eigenvalue weighted by Crippen LogP contribution is -2.22. The van der Waals surface area contributed by atoms with Crippen LogP contribution in [0.15, 0.2) is 44.3 Å². The summed E-state index contributed by atoms with van der Waals surface area (Å²) in [6.45, 7) is 7.72. The summed E-state index contributed by atoms with van der Waals surface area (Å²) in [5.41, 5.74) is 1.74. The molecule has 160 valence electrons. The van der Waals surface area contributed by atoms with E-state index in [9.17, 15) is 9.59 Å². The van der Waals surface area contributed by atoms with Crippen molar-refractivity contribution >= 4 is 17.1 Å². The van der Waals surface area contributed by atoms with Crippen molar-refractivity contribution in [2.24, 2.45) is 0 Å². The molecule has 0 bridgehead atoms. The zero-order valence-electron chi connectivity index (χ0n) is 17.7. The van der Waals surface area contributed by atoms with Crippen LogP contribution in [0.1, 0.15) is 54.3 Å². The highest BCUT2D eigenvalue weighted by Gasteiger charge is 2.24. The average molecular weight is 422 g/mol. The van der Waals surface area contributed by atoms with Crippen LogP contribution in [0.2, 0.25) is 0 Å². The van der Waals surface area contributed by atoms with Gasteiger partial charge in [0.25, 0.3) is 5.56 Å². The van der Waals surface area contributed by atoms with Crippen LogP contribution in [0.3, 0.4) is 0 Å². The minimum Gasteiger partial charge on any atom is -0.462 e. The summed E-state index contributed by atoms with van der Waals surface area (Å²) in [5.74, 6) is 0.749. The molecule has 0 aliphatic heterocycles. The fourth-order valence-electron chi connectivity index (χ4n) is 3.30. The molecule has 0 amide bonds. The molecule has 0 N–H and O–H groups in total. The van der Waals surface area contributed by atoms with Crippen LogP contribution < -0.4 is 5.56 Å². The van der Waals surface area contributed by atoms with Crippen molar-refractivity contribution in [1.82, 2.24) is 19.7 Å². The minimum absolute atomic E-state index is 0.00530. The van der Waals surface area contributed by atoms with Gasteiger partial charge in [0.1, 0.15) is 29.6 Å². The molecule has 31 heavy (non-hydrogen) atoms. The topological polar surface area (TPSA) is 113 Å². The number of ether oxygens (including phenoxy) is 1. The zero-order chi connectivity index (χ0) is 22.1. The standard InChI is InChI=1S/C22H22N4O5/c1-5-29-22(28)17-13(4)30-20-18(17)21(27)26(11-23-20)10-16-24-19(25-31-16)15-8-6-14(7-9-15)12(2)3/h6-9,11-12H,5,10H2,1-4H3. The quantitative estimate of drug-likeness (QED) is 0.432. The number of hydrogen-bond donors (Lipinski definition) is 0. The predicted octanol–water partition coefficient (Wildman–Crippen LogP) is 3.70. The average Bonchev–Trinajstić information content (AvgIpc) is 3.34. The van der Waals surface area contributed by atoms with Gasteiger partial charge in [0.05, 0.1) is 6.61 Å². The van der Waals surface area contributed by atoms with Gasteiger partial charge in [-0.25, -0.2) is 9.78 Å². The van der Waals surface area contributed by atoms with Crippen molar-refractivity contribution in [3.05, 3.63) is 63.7 Å². The van der Waals surface area contributed by atoms with E-state index in [0.717, 1.165) is 5.56 Å². The molecular weight excluding hydrogens is 400 g/mol. The maximum atomic E-state index is 13.0. The van der Waals surface area contributed by atoms with Crippen LogP contribution in [0, 0.1) is 6.92 Å². The van der Waals surface area contributed by atoms with Crippen molar-refractivity contribution in [3.63, 3.8) is 0 Å². The van der Waals surface area contributed by atoms with Crippen LogP contribution in [-0.4, -0.2) is 32.3 Å². The molecule has 0 aliphatic rings. The summed E-state index contributed by atoms with van der Waals surface area (Å²) in [5, 5.41) is 4.08. The first-order chi connectivity index (χ1) is 14.9. The van der Waals surface area contributed by atoms with Crippen LogP contribution in [0.25, 0.3) is 22.5 Å². The lowest BCUT2D eigenvalue weighted by atomic mass is 10.0. The first-order valence-electron chi connectivity index (χ1n) is 9.97. The monoisotopic (exact) mass is 422 g/mol. The summed E-state index contributed by atoms with van der Waals surface area (Å²) < 4.78 is 17.1. The van der Waals surface area contributed by atoms with Gasteiger partial charge in [-0.1, -0.05) is 43.3 Å². The third-order valence-electron chi connectivity index (χ3n) is 4.94. The Hall–Kier alpha value is -3.75. The van der Waals surface area contributed by atoms with E-state index in [0.29, 0.717) is 11.7 Å². The Morgan fingerprint density at radius 1 is 1.23 bits per heavy atom. The van der Waals surface area contributed by atoms with E-state index in [2.05, 4.69) is 29.0 Å². The number of rotatable bonds is 6. The Balaban J connectivity index is 1.65. The number of esters is 1. The number of aromatic nitrogens is 4.